The van der Waals surface area contributed by atoms with Gasteiger partial charge >= 0.3 is 0 Å². The zero-order valence-corrected chi connectivity index (χ0v) is 15.7. The summed E-state index contributed by atoms with van der Waals surface area (Å²) in [4.78, 5) is 29.4. The molecule has 146 valence electrons. The van der Waals surface area contributed by atoms with E-state index in [0.29, 0.717) is 24.6 Å². The van der Waals surface area contributed by atoms with Crippen molar-refractivity contribution < 1.29 is 19.1 Å². The van der Waals surface area contributed by atoms with Gasteiger partial charge in [-0.15, -0.1) is 0 Å². The number of benzene rings is 1. The van der Waals surface area contributed by atoms with Crippen molar-refractivity contribution in [3.8, 4) is 11.5 Å². The summed E-state index contributed by atoms with van der Waals surface area (Å²) in [6, 6.07) is 5.54. The van der Waals surface area contributed by atoms with Crippen LogP contribution in [0.2, 0.25) is 0 Å². The zero-order chi connectivity index (χ0) is 19.3. The van der Waals surface area contributed by atoms with Gasteiger partial charge in [-0.05, 0) is 24.6 Å². The molecule has 3 aliphatic heterocycles. The molecule has 0 bridgehead atoms. The third-order valence-electron chi connectivity index (χ3n) is 5.76. The first-order valence-corrected chi connectivity index (χ1v) is 9.60. The highest BCUT2D eigenvalue weighted by atomic mass is 16.7. The van der Waals surface area contributed by atoms with Gasteiger partial charge in [-0.25, -0.2) is 0 Å². The van der Waals surface area contributed by atoms with Gasteiger partial charge in [0.05, 0.1) is 24.6 Å². The molecule has 0 unspecified atom stereocenters. The summed E-state index contributed by atoms with van der Waals surface area (Å²) >= 11 is 0. The number of hydrogen-bond donors (Lipinski definition) is 0. The lowest BCUT2D eigenvalue weighted by Gasteiger charge is -2.20. The van der Waals surface area contributed by atoms with Crippen molar-refractivity contribution >= 4 is 11.8 Å². The summed E-state index contributed by atoms with van der Waals surface area (Å²) in [6.07, 6.45) is 3.87. The summed E-state index contributed by atoms with van der Waals surface area (Å²) in [7, 11) is 0. The molecule has 28 heavy (non-hydrogen) atoms. The third kappa shape index (κ3) is 2.84. The third-order valence-corrected chi connectivity index (χ3v) is 5.76. The Bertz CT molecular complexity index is 916. The fraction of sp³-hybridized carbons (Fsp3) is 0.450. The number of fused-ring (bicyclic) bond motifs is 2. The monoisotopic (exact) mass is 382 g/mol. The Morgan fingerprint density at radius 2 is 1.79 bits per heavy atom. The number of hydrogen-bond acceptors (Lipinski definition) is 6. The molecule has 2 amide bonds. The van der Waals surface area contributed by atoms with Crippen molar-refractivity contribution in [2.45, 2.75) is 26.6 Å². The molecule has 4 heterocycles. The van der Waals surface area contributed by atoms with Gasteiger partial charge in [0.1, 0.15) is 0 Å². The van der Waals surface area contributed by atoms with Crippen LogP contribution >= 0.6 is 0 Å². The van der Waals surface area contributed by atoms with Crippen LogP contribution in [0.3, 0.4) is 0 Å². The maximum atomic E-state index is 12.9. The largest absolute Gasteiger partial charge is 0.454 e. The molecule has 5 rings (SSSR count). The molecule has 1 aromatic heterocycles. The van der Waals surface area contributed by atoms with Crippen molar-refractivity contribution in [1.29, 1.82) is 0 Å². The van der Waals surface area contributed by atoms with Crippen LogP contribution in [0.15, 0.2) is 30.6 Å². The van der Waals surface area contributed by atoms with Gasteiger partial charge in [-0.2, -0.15) is 5.10 Å². The second kappa shape index (κ2) is 6.63. The van der Waals surface area contributed by atoms with Crippen LogP contribution in [0.25, 0.3) is 0 Å². The Kier molecular flexibility index (Phi) is 4.08. The van der Waals surface area contributed by atoms with Crippen LogP contribution in [0, 0.1) is 11.8 Å². The minimum atomic E-state index is -0.247. The highest BCUT2D eigenvalue weighted by Gasteiger charge is 2.52. The van der Waals surface area contributed by atoms with E-state index in [2.05, 4.69) is 10.00 Å². The first-order chi connectivity index (χ1) is 13.6. The maximum absolute atomic E-state index is 12.9. The van der Waals surface area contributed by atoms with Crippen LogP contribution in [0.4, 0.5) is 0 Å². The average Bonchev–Trinajstić information content (AvgIpc) is 3.46. The Morgan fingerprint density at radius 1 is 1.04 bits per heavy atom. The fourth-order valence-electron chi connectivity index (χ4n) is 4.32. The van der Waals surface area contributed by atoms with E-state index in [1.807, 2.05) is 42.2 Å². The smallest absolute Gasteiger partial charge is 0.234 e. The number of aromatic nitrogens is 2. The van der Waals surface area contributed by atoms with Gasteiger partial charge in [0.15, 0.2) is 11.5 Å². The molecule has 0 radical (unpaired) electrons. The number of rotatable bonds is 5. The number of carbonyl (C=O) groups is 2. The molecule has 2 aromatic rings. The van der Waals surface area contributed by atoms with E-state index in [9.17, 15) is 9.59 Å². The zero-order valence-electron chi connectivity index (χ0n) is 15.7. The number of carbonyl (C=O) groups excluding carboxylic acids is 2. The standard InChI is InChI=1S/C20H22N4O4/c1-2-23-8-14(6-21-23)7-22-10-15-16(11-22)20(26)24(19(15)25)9-13-3-4-17-18(5-13)28-12-27-17/h3-6,8,15-16H,2,7,9-12H2,1H3/t15-,16+. The van der Waals surface area contributed by atoms with E-state index in [1.165, 1.54) is 4.90 Å². The lowest BCUT2D eigenvalue weighted by molar-refractivity contribution is -0.141. The van der Waals surface area contributed by atoms with Crippen LogP contribution in [0.1, 0.15) is 18.1 Å². The highest BCUT2D eigenvalue weighted by molar-refractivity contribution is 6.05. The molecular formula is C20H22N4O4. The van der Waals surface area contributed by atoms with Crippen LogP contribution < -0.4 is 9.47 Å². The van der Waals surface area contributed by atoms with E-state index in [-0.39, 0.29) is 37.0 Å². The minimum absolute atomic E-state index is 0.0700. The lowest BCUT2D eigenvalue weighted by atomic mass is 10.00. The molecule has 2 saturated heterocycles. The number of aryl methyl sites for hydroxylation is 1. The maximum Gasteiger partial charge on any atom is 0.234 e. The van der Waals surface area contributed by atoms with Crippen molar-refractivity contribution in [3.05, 3.63) is 41.7 Å². The SMILES string of the molecule is CCn1cc(CN2C[C@@H]3C(=O)N(Cc4ccc5c(c4)OCO5)C(=O)[C@@H]3C2)cn1. The first kappa shape index (κ1) is 17.2. The first-order valence-electron chi connectivity index (χ1n) is 9.60. The number of nitrogens with zero attached hydrogens (tertiary/aromatic N) is 4. The number of imide groups is 1. The topological polar surface area (TPSA) is 76.9 Å². The lowest BCUT2D eigenvalue weighted by Crippen LogP contribution is -2.35. The molecule has 3 aliphatic rings. The number of ether oxygens (including phenoxy) is 2. The molecular weight excluding hydrogens is 360 g/mol. The fourth-order valence-corrected chi connectivity index (χ4v) is 4.32. The summed E-state index contributed by atoms with van der Waals surface area (Å²) in [5.41, 5.74) is 1.98. The molecule has 0 saturated carbocycles. The van der Waals surface area contributed by atoms with Crippen molar-refractivity contribution in [3.63, 3.8) is 0 Å². The van der Waals surface area contributed by atoms with Gasteiger partial charge in [-0.1, -0.05) is 6.07 Å². The van der Waals surface area contributed by atoms with Crippen LogP contribution in [-0.2, 0) is 29.2 Å². The van der Waals surface area contributed by atoms with E-state index in [1.54, 1.807) is 0 Å². The molecule has 1 aromatic carbocycles. The molecule has 0 aliphatic carbocycles. The van der Waals surface area contributed by atoms with E-state index < -0.39 is 0 Å². The van der Waals surface area contributed by atoms with Gasteiger partial charge in [-0.3, -0.25) is 24.1 Å². The van der Waals surface area contributed by atoms with Crippen molar-refractivity contribution in [2.24, 2.45) is 11.8 Å². The van der Waals surface area contributed by atoms with Gasteiger partial charge in [0.2, 0.25) is 18.6 Å². The number of amides is 2. The summed E-state index contributed by atoms with van der Waals surface area (Å²) < 4.78 is 12.6. The van der Waals surface area contributed by atoms with Crippen molar-refractivity contribution in [1.82, 2.24) is 19.6 Å². The van der Waals surface area contributed by atoms with E-state index >= 15 is 0 Å². The van der Waals surface area contributed by atoms with Gasteiger partial charge in [0, 0.05) is 37.9 Å². The second-order valence-electron chi connectivity index (χ2n) is 7.56. The van der Waals surface area contributed by atoms with E-state index in [0.717, 1.165) is 24.2 Å². The molecule has 0 N–H and O–H groups in total. The average molecular weight is 382 g/mol. The summed E-state index contributed by atoms with van der Waals surface area (Å²) in [5.74, 6) is 0.724. The summed E-state index contributed by atoms with van der Waals surface area (Å²) in [5, 5.41) is 4.29. The Hall–Kier alpha value is -2.87. The molecule has 8 heteroatoms. The minimum Gasteiger partial charge on any atom is -0.454 e. The van der Waals surface area contributed by atoms with Crippen LogP contribution in [0.5, 0.6) is 11.5 Å². The van der Waals surface area contributed by atoms with Crippen molar-refractivity contribution in [2.75, 3.05) is 19.9 Å². The van der Waals surface area contributed by atoms with Gasteiger partial charge in [0.25, 0.3) is 0 Å². The molecule has 0 spiro atoms. The highest BCUT2D eigenvalue weighted by Crippen LogP contribution is 2.37. The predicted octanol–water partition coefficient (Wildman–Crippen LogP) is 1.25. The quantitative estimate of drug-likeness (QED) is 0.725. The van der Waals surface area contributed by atoms with Gasteiger partial charge < -0.3 is 9.47 Å². The Labute approximate surface area is 162 Å². The summed E-state index contributed by atoms with van der Waals surface area (Å²) in [6.45, 7) is 5.31. The second-order valence-corrected chi connectivity index (χ2v) is 7.56. The number of likely N-dealkylation sites (tertiary alicyclic amines) is 2. The molecule has 2 fully saturated rings. The Morgan fingerprint density at radius 3 is 2.50 bits per heavy atom. The molecule has 8 nitrogen and oxygen atoms in total. The van der Waals surface area contributed by atoms with Crippen LogP contribution in [-0.4, -0.2) is 51.3 Å². The van der Waals surface area contributed by atoms with E-state index in [4.69, 9.17) is 9.47 Å². The predicted molar refractivity (Wildman–Crippen MR) is 98.3 cm³/mol. The molecule has 2 atom stereocenters. The Balaban J connectivity index is 1.25. The normalized spacial score (nSPS) is 23.7.